The maximum absolute atomic E-state index is 11.8. The standard InChI is InChI=1S/C19H34N4O3/c1-2-20-19(21-12-7-15-26-16-8-4-3-5-9-16)22-13-14-23-17(24)10-6-11-18(23)25/h16H,2-15H2,1H3,(H2,20,21,22). The molecular formula is C19H34N4O3. The van der Waals surface area contributed by atoms with Crippen LogP contribution in [0.15, 0.2) is 4.99 Å². The van der Waals surface area contributed by atoms with Crippen LogP contribution in [0, 0.1) is 0 Å². The molecule has 0 unspecified atom stereocenters. The zero-order chi connectivity index (χ0) is 18.6. The molecule has 0 aromatic rings. The lowest BCUT2D eigenvalue weighted by atomic mass is 9.98. The number of carbonyl (C=O) groups is 2. The number of likely N-dealkylation sites (tertiary alicyclic amines) is 1. The van der Waals surface area contributed by atoms with Gasteiger partial charge in [-0.1, -0.05) is 19.3 Å². The third-order valence-corrected chi connectivity index (χ3v) is 4.83. The second kappa shape index (κ2) is 11.9. The van der Waals surface area contributed by atoms with E-state index in [-0.39, 0.29) is 11.8 Å². The molecule has 26 heavy (non-hydrogen) atoms. The van der Waals surface area contributed by atoms with E-state index >= 15 is 0 Å². The van der Waals surface area contributed by atoms with E-state index in [1.807, 2.05) is 6.92 Å². The predicted molar refractivity (Wildman–Crippen MR) is 102 cm³/mol. The summed E-state index contributed by atoms with van der Waals surface area (Å²) in [4.78, 5) is 29.5. The fraction of sp³-hybridized carbons (Fsp3) is 0.842. The minimum atomic E-state index is -0.0650. The molecule has 148 valence electrons. The number of rotatable bonds is 9. The molecule has 7 nitrogen and oxygen atoms in total. The van der Waals surface area contributed by atoms with Crippen LogP contribution in [-0.4, -0.2) is 61.6 Å². The maximum atomic E-state index is 11.8. The Kier molecular flexibility index (Phi) is 9.45. The van der Waals surface area contributed by atoms with Gasteiger partial charge in [0.2, 0.25) is 11.8 Å². The van der Waals surface area contributed by atoms with Gasteiger partial charge in [-0.05, 0) is 32.6 Å². The highest BCUT2D eigenvalue weighted by molar-refractivity contribution is 5.97. The number of amides is 2. The molecule has 1 heterocycles. The van der Waals surface area contributed by atoms with Gasteiger partial charge >= 0.3 is 0 Å². The van der Waals surface area contributed by atoms with Gasteiger partial charge in [0.1, 0.15) is 0 Å². The van der Waals surface area contributed by atoms with Crippen LogP contribution in [0.3, 0.4) is 0 Å². The number of ether oxygens (including phenoxy) is 1. The van der Waals surface area contributed by atoms with E-state index in [0.29, 0.717) is 45.0 Å². The third-order valence-electron chi connectivity index (χ3n) is 4.83. The summed E-state index contributed by atoms with van der Waals surface area (Å²) >= 11 is 0. The predicted octanol–water partition coefficient (Wildman–Crippen LogP) is 1.82. The Morgan fingerprint density at radius 2 is 1.85 bits per heavy atom. The molecule has 2 amide bonds. The molecule has 2 rings (SSSR count). The smallest absolute Gasteiger partial charge is 0.229 e. The number of hydrogen-bond donors (Lipinski definition) is 2. The van der Waals surface area contributed by atoms with E-state index < -0.39 is 0 Å². The largest absolute Gasteiger partial charge is 0.378 e. The molecule has 0 aromatic carbocycles. The number of hydrogen-bond acceptors (Lipinski definition) is 4. The quantitative estimate of drug-likeness (QED) is 0.281. The highest BCUT2D eigenvalue weighted by Crippen LogP contribution is 2.20. The highest BCUT2D eigenvalue weighted by Gasteiger charge is 2.25. The van der Waals surface area contributed by atoms with E-state index in [0.717, 1.165) is 25.5 Å². The maximum Gasteiger partial charge on any atom is 0.229 e. The highest BCUT2D eigenvalue weighted by atomic mass is 16.5. The Labute approximate surface area is 156 Å². The van der Waals surface area contributed by atoms with Crippen LogP contribution in [0.25, 0.3) is 0 Å². The number of nitrogens with one attached hydrogen (secondary N) is 2. The summed E-state index contributed by atoms with van der Waals surface area (Å²) in [6.07, 6.45) is 9.28. The Hall–Kier alpha value is -1.63. The lowest BCUT2D eigenvalue weighted by Crippen LogP contribution is -2.46. The van der Waals surface area contributed by atoms with Crippen molar-refractivity contribution < 1.29 is 14.3 Å². The van der Waals surface area contributed by atoms with Crippen LogP contribution >= 0.6 is 0 Å². The molecule has 0 aromatic heterocycles. The Bertz CT molecular complexity index is 459. The van der Waals surface area contributed by atoms with Crippen LogP contribution in [-0.2, 0) is 14.3 Å². The average Bonchev–Trinajstić information content (AvgIpc) is 2.64. The number of guanidine groups is 1. The van der Waals surface area contributed by atoms with Crippen molar-refractivity contribution >= 4 is 17.8 Å². The molecule has 1 aliphatic heterocycles. The lowest BCUT2D eigenvalue weighted by Gasteiger charge is -2.25. The van der Waals surface area contributed by atoms with E-state index in [9.17, 15) is 9.59 Å². The molecule has 0 radical (unpaired) electrons. The summed E-state index contributed by atoms with van der Waals surface area (Å²) < 4.78 is 5.92. The number of piperidine rings is 1. The second-order valence-corrected chi connectivity index (χ2v) is 6.96. The Morgan fingerprint density at radius 3 is 2.54 bits per heavy atom. The third kappa shape index (κ3) is 7.32. The molecular weight excluding hydrogens is 332 g/mol. The van der Waals surface area contributed by atoms with Gasteiger partial charge in [-0.2, -0.15) is 0 Å². The normalized spacial score (nSPS) is 19.7. The van der Waals surface area contributed by atoms with Gasteiger partial charge in [0.25, 0.3) is 0 Å². The van der Waals surface area contributed by atoms with Crippen LogP contribution in [0.2, 0.25) is 0 Å². The van der Waals surface area contributed by atoms with Gasteiger partial charge in [-0.15, -0.1) is 0 Å². The van der Waals surface area contributed by atoms with E-state index in [1.54, 1.807) is 0 Å². The van der Waals surface area contributed by atoms with Crippen molar-refractivity contribution in [2.75, 3.05) is 32.8 Å². The minimum absolute atomic E-state index is 0.0650. The molecule has 0 atom stereocenters. The van der Waals surface area contributed by atoms with Crippen LogP contribution in [0.4, 0.5) is 0 Å². The molecule has 1 aliphatic carbocycles. The van der Waals surface area contributed by atoms with Gasteiger partial charge in [0.15, 0.2) is 5.96 Å². The van der Waals surface area contributed by atoms with Crippen molar-refractivity contribution in [2.24, 2.45) is 4.99 Å². The first kappa shape index (κ1) is 20.7. The summed E-state index contributed by atoms with van der Waals surface area (Å²) in [6.45, 7) is 5.15. The van der Waals surface area contributed by atoms with Crippen LogP contribution in [0.1, 0.15) is 64.7 Å². The van der Waals surface area contributed by atoms with Crippen molar-refractivity contribution in [2.45, 2.75) is 70.8 Å². The van der Waals surface area contributed by atoms with Gasteiger partial charge in [0.05, 0.1) is 6.10 Å². The van der Waals surface area contributed by atoms with Gasteiger partial charge in [-0.25, -0.2) is 0 Å². The number of carbonyl (C=O) groups excluding carboxylic acids is 2. The zero-order valence-electron chi connectivity index (χ0n) is 16.1. The van der Waals surface area contributed by atoms with E-state index in [1.165, 1.54) is 37.0 Å². The molecule has 0 bridgehead atoms. The SMILES string of the molecule is CCNC(=NCCCOC1CCCCC1)NCCN1C(=O)CCCC1=O. The minimum Gasteiger partial charge on any atom is -0.378 e. The molecule has 7 heteroatoms. The van der Waals surface area contributed by atoms with Crippen LogP contribution in [0.5, 0.6) is 0 Å². The number of imide groups is 1. The second-order valence-electron chi connectivity index (χ2n) is 6.96. The Balaban J connectivity index is 1.63. The topological polar surface area (TPSA) is 83.0 Å². The zero-order valence-corrected chi connectivity index (χ0v) is 16.1. The summed E-state index contributed by atoms with van der Waals surface area (Å²) in [5.74, 6) is 0.594. The summed E-state index contributed by atoms with van der Waals surface area (Å²) in [5, 5.41) is 6.39. The first-order valence-electron chi connectivity index (χ1n) is 10.2. The van der Waals surface area contributed by atoms with E-state index in [4.69, 9.17) is 4.74 Å². The first-order valence-corrected chi connectivity index (χ1v) is 10.2. The molecule has 0 spiro atoms. The number of aliphatic imine (C=N–C) groups is 1. The van der Waals surface area contributed by atoms with E-state index in [2.05, 4.69) is 15.6 Å². The van der Waals surface area contributed by atoms with Crippen LogP contribution < -0.4 is 10.6 Å². The Morgan fingerprint density at radius 1 is 1.12 bits per heavy atom. The van der Waals surface area contributed by atoms with Crippen molar-refractivity contribution in [3.05, 3.63) is 0 Å². The van der Waals surface area contributed by atoms with Crippen molar-refractivity contribution in [1.82, 2.24) is 15.5 Å². The average molecular weight is 367 g/mol. The fourth-order valence-corrected chi connectivity index (χ4v) is 3.41. The number of nitrogens with zero attached hydrogens (tertiary/aromatic N) is 2. The molecule has 2 N–H and O–H groups in total. The van der Waals surface area contributed by atoms with Gasteiger partial charge < -0.3 is 15.4 Å². The molecule has 1 saturated carbocycles. The summed E-state index contributed by atoms with van der Waals surface area (Å²) in [7, 11) is 0. The molecule has 1 saturated heterocycles. The summed E-state index contributed by atoms with van der Waals surface area (Å²) in [5.41, 5.74) is 0. The first-order chi connectivity index (χ1) is 12.7. The van der Waals surface area contributed by atoms with Gasteiger partial charge in [0, 0.05) is 45.6 Å². The fourth-order valence-electron chi connectivity index (χ4n) is 3.41. The summed E-state index contributed by atoms with van der Waals surface area (Å²) in [6, 6.07) is 0. The molecule has 2 fully saturated rings. The monoisotopic (exact) mass is 366 g/mol. The lowest BCUT2D eigenvalue weighted by molar-refractivity contribution is -0.147. The van der Waals surface area contributed by atoms with Gasteiger partial charge in [-0.3, -0.25) is 19.5 Å². The van der Waals surface area contributed by atoms with Crippen molar-refractivity contribution in [1.29, 1.82) is 0 Å². The van der Waals surface area contributed by atoms with Crippen molar-refractivity contribution in [3.63, 3.8) is 0 Å². The molecule has 2 aliphatic rings. The van der Waals surface area contributed by atoms with Crippen molar-refractivity contribution in [3.8, 4) is 0 Å².